The number of amides is 1. The summed E-state index contributed by atoms with van der Waals surface area (Å²) in [6.07, 6.45) is 0. The van der Waals surface area contributed by atoms with Gasteiger partial charge in [-0.15, -0.1) is 0 Å². The van der Waals surface area contributed by atoms with Crippen LogP contribution in [0.3, 0.4) is 0 Å². The lowest BCUT2D eigenvalue weighted by Gasteiger charge is -2.39. The Bertz CT molecular complexity index is 626. The molecule has 19 heavy (non-hydrogen) atoms. The third kappa shape index (κ3) is 2.03. The lowest BCUT2D eigenvalue weighted by atomic mass is 10.1. The first-order valence-electron chi connectivity index (χ1n) is 6.17. The highest BCUT2D eigenvalue weighted by Gasteiger charge is 2.35. The van der Waals surface area contributed by atoms with E-state index in [1.807, 2.05) is 25.5 Å². The molecule has 0 bridgehead atoms. The second-order valence-corrected chi connectivity index (χ2v) is 5.46. The predicted molar refractivity (Wildman–Crippen MR) is 71.3 cm³/mol. The van der Waals surface area contributed by atoms with E-state index < -0.39 is 0 Å². The summed E-state index contributed by atoms with van der Waals surface area (Å²) in [5.74, 6) is -0.0240. The van der Waals surface area contributed by atoms with E-state index in [1.54, 1.807) is 4.90 Å². The van der Waals surface area contributed by atoms with Crippen molar-refractivity contribution < 1.29 is 4.79 Å². The number of aryl methyl sites for hydroxylation is 3. The Morgan fingerprint density at radius 2 is 2.05 bits per heavy atom. The second kappa shape index (κ2) is 4.41. The fourth-order valence-corrected chi connectivity index (χ4v) is 2.91. The molecule has 0 spiro atoms. The zero-order valence-electron chi connectivity index (χ0n) is 11.1. The lowest BCUT2D eigenvalue weighted by molar-refractivity contribution is 0.0492. The Labute approximate surface area is 115 Å². The third-order valence-electron chi connectivity index (χ3n) is 3.40. The van der Waals surface area contributed by atoms with Crippen LogP contribution in [-0.2, 0) is 0 Å². The molecule has 1 fully saturated rings. The molecule has 0 atom stereocenters. The van der Waals surface area contributed by atoms with E-state index in [1.165, 1.54) is 0 Å². The van der Waals surface area contributed by atoms with Crippen molar-refractivity contribution in [2.45, 2.75) is 26.8 Å². The van der Waals surface area contributed by atoms with Gasteiger partial charge >= 0.3 is 0 Å². The molecule has 0 aromatic carbocycles. The quantitative estimate of drug-likeness (QED) is 0.831. The Hall–Kier alpha value is -1.76. The van der Waals surface area contributed by atoms with Crippen molar-refractivity contribution in [2.75, 3.05) is 13.1 Å². The minimum atomic E-state index is -0.0240. The monoisotopic (exact) mass is 277 g/mol. The summed E-state index contributed by atoms with van der Waals surface area (Å²) in [5.41, 5.74) is 3.35. The van der Waals surface area contributed by atoms with Gasteiger partial charge in [-0.05, 0) is 26.8 Å². The molecule has 1 amide bonds. The van der Waals surface area contributed by atoms with Gasteiger partial charge in [0.15, 0.2) is 5.69 Å². The van der Waals surface area contributed by atoms with Gasteiger partial charge < -0.3 is 4.90 Å². The van der Waals surface area contributed by atoms with Crippen LogP contribution in [0.2, 0.25) is 0 Å². The van der Waals surface area contributed by atoms with Crippen molar-refractivity contribution in [3.8, 4) is 0 Å². The van der Waals surface area contributed by atoms with Gasteiger partial charge in [0.05, 0.1) is 29.2 Å². The van der Waals surface area contributed by atoms with Crippen molar-refractivity contribution in [3.63, 3.8) is 0 Å². The van der Waals surface area contributed by atoms with Crippen LogP contribution in [-0.4, -0.2) is 42.4 Å². The van der Waals surface area contributed by atoms with E-state index in [0.717, 1.165) is 23.1 Å². The molecule has 0 radical (unpaired) electrons. The molecular weight excluding hydrogens is 262 g/mol. The number of carbonyl (C=O) groups excluding carboxylic acids is 1. The van der Waals surface area contributed by atoms with Gasteiger partial charge in [0.25, 0.3) is 5.91 Å². The largest absolute Gasteiger partial charge is 0.333 e. The molecule has 1 aliphatic rings. The van der Waals surface area contributed by atoms with Gasteiger partial charge in [0, 0.05) is 18.8 Å². The zero-order valence-corrected chi connectivity index (χ0v) is 11.9. The summed E-state index contributed by atoms with van der Waals surface area (Å²) in [5, 5.41) is 4.46. The number of hydrogen-bond acceptors (Lipinski definition) is 5. The van der Waals surface area contributed by atoms with Crippen LogP contribution in [0.15, 0.2) is 6.07 Å². The first-order chi connectivity index (χ1) is 9.06. The van der Waals surface area contributed by atoms with E-state index in [9.17, 15) is 4.79 Å². The molecule has 2 aromatic heterocycles. The minimum Gasteiger partial charge on any atom is -0.333 e. The maximum atomic E-state index is 12.2. The average molecular weight is 277 g/mol. The molecule has 0 unspecified atom stereocenters. The standard InChI is InChI=1S/C12H15N5OS/c1-7-4-8(2)17(13-7)10-5-16(6-10)12(18)11-9(3)14-19-15-11/h4,10H,5-6H2,1-3H3. The molecule has 0 N–H and O–H groups in total. The lowest BCUT2D eigenvalue weighted by Crippen LogP contribution is -2.51. The summed E-state index contributed by atoms with van der Waals surface area (Å²) >= 11 is 1.08. The smallest absolute Gasteiger partial charge is 0.275 e. The van der Waals surface area contributed by atoms with Crippen LogP contribution in [0.5, 0.6) is 0 Å². The molecule has 7 heteroatoms. The van der Waals surface area contributed by atoms with Crippen LogP contribution in [0.4, 0.5) is 0 Å². The molecule has 2 aromatic rings. The van der Waals surface area contributed by atoms with E-state index in [4.69, 9.17) is 0 Å². The van der Waals surface area contributed by atoms with Crippen LogP contribution < -0.4 is 0 Å². The SMILES string of the molecule is Cc1cc(C)n(C2CN(C(=O)c3nsnc3C)C2)n1. The maximum absolute atomic E-state index is 12.2. The topological polar surface area (TPSA) is 63.9 Å². The Balaban J connectivity index is 1.69. The summed E-state index contributed by atoms with van der Waals surface area (Å²) in [6.45, 7) is 7.22. The molecular formula is C12H15N5OS. The third-order valence-corrected chi connectivity index (χ3v) is 4.01. The first-order valence-corrected chi connectivity index (χ1v) is 6.90. The maximum Gasteiger partial charge on any atom is 0.275 e. The van der Waals surface area contributed by atoms with Gasteiger partial charge in [0.2, 0.25) is 0 Å². The van der Waals surface area contributed by atoms with E-state index in [2.05, 4.69) is 19.9 Å². The highest BCUT2D eigenvalue weighted by atomic mass is 32.1. The van der Waals surface area contributed by atoms with Crippen molar-refractivity contribution in [3.05, 3.63) is 28.8 Å². The number of carbonyl (C=O) groups is 1. The van der Waals surface area contributed by atoms with Gasteiger partial charge in [-0.2, -0.15) is 13.8 Å². The second-order valence-electron chi connectivity index (χ2n) is 4.93. The zero-order chi connectivity index (χ0) is 13.6. The predicted octanol–water partition coefficient (Wildman–Crippen LogP) is 1.36. The van der Waals surface area contributed by atoms with Crippen molar-refractivity contribution in [1.82, 2.24) is 23.4 Å². The number of nitrogens with zero attached hydrogens (tertiary/aromatic N) is 5. The van der Waals surface area contributed by atoms with E-state index in [0.29, 0.717) is 24.5 Å². The Morgan fingerprint density at radius 3 is 2.58 bits per heavy atom. The number of rotatable bonds is 2. The van der Waals surface area contributed by atoms with Gasteiger partial charge in [0.1, 0.15) is 0 Å². The van der Waals surface area contributed by atoms with Gasteiger partial charge in [-0.25, -0.2) is 0 Å². The van der Waals surface area contributed by atoms with Gasteiger partial charge in [-0.3, -0.25) is 9.48 Å². The highest BCUT2D eigenvalue weighted by Crippen LogP contribution is 2.24. The summed E-state index contributed by atoms with van der Waals surface area (Å²) < 4.78 is 10.1. The first kappa shape index (κ1) is 12.3. The Kier molecular flexibility index (Phi) is 2.85. The van der Waals surface area contributed by atoms with E-state index >= 15 is 0 Å². The molecule has 0 saturated carbocycles. The number of aromatic nitrogens is 4. The molecule has 0 aliphatic carbocycles. The number of likely N-dealkylation sites (tertiary alicyclic amines) is 1. The highest BCUT2D eigenvalue weighted by molar-refractivity contribution is 6.99. The molecule has 100 valence electrons. The fourth-order valence-electron chi connectivity index (χ4n) is 2.37. The van der Waals surface area contributed by atoms with Crippen molar-refractivity contribution in [2.24, 2.45) is 0 Å². The fraction of sp³-hybridized carbons (Fsp3) is 0.500. The van der Waals surface area contributed by atoms with Crippen molar-refractivity contribution >= 4 is 17.6 Å². The van der Waals surface area contributed by atoms with Crippen molar-refractivity contribution in [1.29, 1.82) is 0 Å². The number of hydrogen-bond donors (Lipinski definition) is 0. The Morgan fingerprint density at radius 1 is 1.32 bits per heavy atom. The summed E-state index contributed by atoms with van der Waals surface area (Å²) in [4.78, 5) is 14.0. The van der Waals surface area contributed by atoms with Crippen LogP contribution in [0.1, 0.15) is 33.6 Å². The average Bonchev–Trinajstić information content (AvgIpc) is 2.83. The minimum absolute atomic E-state index is 0.0240. The van der Waals surface area contributed by atoms with Gasteiger partial charge in [-0.1, -0.05) is 0 Å². The molecule has 1 aliphatic heterocycles. The van der Waals surface area contributed by atoms with Crippen LogP contribution in [0, 0.1) is 20.8 Å². The van der Waals surface area contributed by atoms with E-state index in [-0.39, 0.29) is 11.9 Å². The van der Waals surface area contributed by atoms with Crippen LogP contribution >= 0.6 is 11.7 Å². The summed E-state index contributed by atoms with van der Waals surface area (Å²) in [6, 6.07) is 2.34. The molecule has 3 heterocycles. The molecule has 1 saturated heterocycles. The molecule has 3 rings (SSSR count). The van der Waals surface area contributed by atoms with Crippen LogP contribution in [0.25, 0.3) is 0 Å². The summed E-state index contributed by atoms with van der Waals surface area (Å²) in [7, 11) is 0. The molecule has 6 nitrogen and oxygen atoms in total. The normalized spacial score (nSPS) is 15.6.